The Bertz CT molecular complexity index is 1280. The first kappa shape index (κ1) is 23.9. The van der Waals surface area contributed by atoms with E-state index in [0.717, 1.165) is 12.1 Å². The Hall–Kier alpha value is -2.71. The summed E-state index contributed by atoms with van der Waals surface area (Å²) >= 11 is 6.19. The van der Waals surface area contributed by atoms with Crippen LogP contribution >= 0.6 is 11.6 Å². The van der Waals surface area contributed by atoms with Crippen LogP contribution < -0.4 is 39.4 Å². The molecule has 4 rings (SSSR count). The van der Waals surface area contributed by atoms with Gasteiger partial charge in [0, 0.05) is 28.4 Å². The number of nitrogens with zero attached hydrogens (tertiary/aromatic N) is 2. The van der Waals surface area contributed by atoms with Crippen LogP contribution in [0.15, 0.2) is 72.9 Å². The van der Waals surface area contributed by atoms with Crippen molar-refractivity contribution in [1.29, 1.82) is 0 Å². The van der Waals surface area contributed by atoms with Gasteiger partial charge in [-0.05, 0) is 54.6 Å². The van der Waals surface area contributed by atoms with E-state index in [0.29, 0.717) is 27.8 Å². The molecular formula is C23H14ClF2N2NaO3. The molecule has 0 aliphatic heterocycles. The Morgan fingerprint density at radius 2 is 1.88 bits per heavy atom. The number of hydrogen-bond acceptors (Lipinski definition) is 4. The molecule has 0 atom stereocenters. The van der Waals surface area contributed by atoms with E-state index in [1.54, 1.807) is 53.2 Å². The Labute approximate surface area is 209 Å². The molecule has 0 fully saturated rings. The number of aromatic carboxylic acids is 1. The number of carboxylic acids is 1. The number of hydrogen-bond donors (Lipinski definition) is 0. The molecule has 0 amide bonds. The minimum Gasteiger partial charge on any atom is -0.543 e. The van der Waals surface area contributed by atoms with Crippen molar-refractivity contribution in [3.63, 3.8) is 0 Å². The molecule has 0 saturated heterocycles. The standard InChI is InChI=1S/C23H15ClF2N2O3.Na/c24-15-7-9-21(31-13-14-6-8-16(25)12-18(14)26)17(11-15)20-4-2-10-28(20)22-5-1-3-19(27-22)23(29)30;/h1-12H,13H2,(H,29,30);/q;+1/p-1. The molecule has 0 unspecified atom stereocenters. The van der Waals surface area contributed by atoms with Gasteiger partial charge in [-0.1, -0.05) is 17.7 Å². The fourth-order valence-electron chi connectivity index (χ4n) is 3.09. The zero-order chi connectivity index (χ0) is 22.0. The number of ether oxygens (including phenoxy) is 1. The van der Waals surface area contributed by atoms with Crippen LogP contribution in [-0.4, -0.2) is 15.5 Å². The zero-order valence-electron chi connectivity index (χ0n) is 16.9. The average molecular weight is 463 g/mol. The van der Waals surface area contributed by atoms with Gasteiger partial charge in [-0.2, -0.15) is 0 Å². The fourth-order valence-corrected chi connectivity index (χ4v) is 3.27. The topological polar surface area (TPSA) is 67.2 Å². The first-order valence-electron chi connectivity index (χ1n) is 9.15. The molecule has 0 aliphatic rings. The quantitative estimate of drug-likeness (QED) is 0.406. The van der Waals surface area contributed by atoms with Gasteiger partial charge in [-0.25, -0.2) is 13.8 Å². The molecule has 2 aromatic carbocycles. The number of rotatable bonds is 6. The van der Waals surface area contributed by atoms with E-state index in [1.165, 1.54) is 12.1 Å². The molecule has 32 heavy (non-hydrogen) atoms. The molecule has 5 nitrogen and oxygen atoms in total. The van der Waals surface area contributed by atoms with E-state index in [9.17, 15) is 18.7 Å². The number of pyridine rings is 1. The molecule has 0 saturated carbocycles. The molecule has 2 aromatic heterocycles. The first-order chi connectivity index (χ1) is 14.9. The van der Waals surface area contributed by atoms with Gasteiger partial charge in [0.25, 0.3) is 0 Å². The van der Waals surface area contributed by atoms with Crippen molar-refractivity contribution in [1.82, 2.24) is 9.55 Å². The number of carbonyl (C=O) groups excluding carboxylic acids is 1. The predicted octanol–water partition coefficient (Wildman–Crippen LogP) is 1.42. The maximum atomic E-state index is 14.0. The van der Waals surface area contributed by atoms with Crippen LogP contribution in [0.2, 0.25) is 5.02 Å². The van der Waals surface area contributed by atoms with Crippen LogP contribution in [0, 0.1) is 11.6 Å². The molecule has 156 valence electrons. The fraction of sp³-hybridized carbons (Fsp3) is 0.0435. The normalized spacial score (nSPS) is 10.5. The van der Waals surface area contributed by atoms with E-state index >= 15 is 0 Å². The Kier molecular flexibility index (Phi) is 7.69. The third-order valence-electron chi connectivity index (χ3n) is 4.55. The molecule has 0 N–H and O–H groups in total. The van der Waals surface area contributed by atoms with Gasteiger partial charge in [0.2, 0.25) is 0 Å². The van der Waals surface area contributed by atoms with Crippen molar-refractivity contribution in [3.05, 3.63) is 101 Å². The van der Waals surface area contributed by atoms with Crippen molar-refractivity contribution < 1.29 is 53.0 Å². The Morgan fingerprint density at radius 1 is 1.06 bits per heavy atom. The molecule has 9 heteroatoms. The van der Waals surface area contributed by atoms with Crippen LogP contribution in [-0.2, 0) is 6.61 Å². The number of halogens is 3. The van der Waals surface area contributed by atoms with Crippen LogP contribution in [0.25, 0.3) is 17.1 Å². The second-order valence-electron chi connectivity index (χ2n) is 6.60. The van der Waals surface area contributed by atoms with Crippen molar-refractivity contribution in [2.45, 2.75) is 6.61 Å². The monoisotopic (exact) mass is 462 g/mol. The summed E-state index contributed by atoms with van der Waals surface area (Å²) in [6.07, 6.45) is 1.71. The van der Waals surface area contributed by atoms with E-state index in [2.05, 4.69) is 4.98 Å². The molecule has 0 spiro atoms. The van der Waals surface area contributed by atoms with E-state index in [-0.39, 0.29) is 47.4 Å². The van der Waals surface area contributed by atoms with Crippen molar-refractivity contribution in [3.8, 4) is 22.8 Å². The van der Waals surface area contributed by atoms with Crippen LogP contribution in [0.1, 0.15) is 16.1 Å². The molecule has 0 aliphatic carbocycles. The molecule has 2 heterocycles. The summed E-state index contributed by atoms with van der Waals surface area (Å²) in [4.78, 5) is 15.3. The van der Waals surface area contributed by atoms with Crippen molar-refractivity contribution in [2.75, 3.05) is 0 Å². The number of benzene rings is 2. The van der Waals surface area contributed by atoms with E-state index < -0.39 is 17.6 Å². The third kappa shape index (κ3) is 5.19. The van der Waals surface area contributed by atoms with Gasteiger partial charge in [-0.3, -0.25) is 0 Å². The van der Waals surface area contributed by atoms with Crippen LogP contribution in [0.5, 0.6) is 5.75 Å². The summed E-state index contributed by atoms with van der Waals surface area (Å²) in [5, 5.41) is 11.6. The average Bonchev–Trinajstić information content (AvgIpc) is 3.23. The molecule has 0 radical (unpaired) electrons. The summed E-state index contributed by atoms with van der Waals surface area (Å²) in [5.74, 6) is -2.00. The van der Waals surface area contributed by atoms with Gasteiger partial charge in [-0.15, -0.1) is 0 Å². The SMILES string of the molecule is O=C([O-])c1cccc(-n2cccc2-c2cc(Cl)ccc2OCc2ccc(F)cc2F)n1.[Na+]. The molecular weight excluding hydrogens is 449 g/mol. The second-order valence-corrected chi connectivity index (χ2v) is 7.03. The summed E-state index contributed by atoms with van der Waals surface area (Å²) in [5.41, 5.74) is 1.20. The summed E-state index contributed by atoms with van der Waals surface area (Å²) < 4.78 is 34.6. The predicted molar refractivity (Wildman–Crippen MR) is 109 cm³/mol. The maximum Gasteiger partial charge on any atom is 1.00 e. The number of carboxylic acid groups (broad SMARTS) is 1. The minimum atomic E-state index is -1.39. The Morgan fingerprint density at radius 3 is 2.62 bits per heavy atom. The van der Waals surface area contributed by atoms with Gasteiger partial charge in [0.05, 0.1) is 17.4 Å². The zero-order valence-corrected chi connectivity index (χ0v) is 19.6. The van der Waals surface area contributed by atoms with E-state index in [4.69, 9.17) is 16.3 Å². The van der Waals surface area contributed by atoms with Gasteiger partial charge < -0.3 is 19.2 Å². The summed E-state index contributed by atoms with van der Waals surface area (Å²) in [6.45, 7) is -0.125. The Balaban J connectivity index is 0.00000289. The minimum absolute atomic E-state index is 0. The van der Waals surface area contributed by atoms with Gasteiger partial charge in [0.15, 0.2) is 0 Å². The summed E-state index contributed by atoms with van der Waals surface area (Å²) in [6, 6.07) is 16.3. The van der Waals surface area contributed by atoms with E-state index in [1.807, 2.05) is 0 Å². The largest absolute Gasteiger partial charge is 1.00 e. The van der Waals surface area contributed by atoms with Crippen molar-refractivity contribution >= 4 is 17.6 Å². The van der Waals surface area contributed by atoms with Crippen LogP contribution in [0.4, 0.5) is 8.78 Å². The number of aromatic nitrogens is 2. The maximum absolute atomic E-state index is 14.0. The molecule has 0 bridgehead atoms. The second kappa shape index (κ2) is 10.3. The number of carbonyl (C=O) groups is 1. The smallest absolute Gasteiger partial charge is 0.543 e. The van der Waals surface area contributed by atoms with Gasteiger partial charge in [0.1, 0.15) is 29.8 Å². The first-order valence-corrected chi connectivity index (χ1v) is 9.53. The van der Waals surface area contributed by atoms with Crippen molar-refractivity contribution in [2.24, 2.45) is 0 Å². The molecule has 4 aromatic rings. The summed E-state index contributed by atoms with van der Waals surface area (Å²) in [7, 11) is 0. The third-order valence-corrected chi connectivity index (χ3v) is 4.79. The van der Waals surface area contributed by atoms with Crippen LogP contribution in [0.3, 0.4) is 0 Å². The van der Waals surface area contributed by atoms with Gasteiger partial charge >= 0.3 is 29.6 Å².